The number of nitrogens with zero attached hydrogens (tertiary/aromatic N) is 2. The lowest BCUT2D eigenvalue weighted by Crippen LogP contribution is -2.27. The van der Waals surface area contributed by atoms with Crippen LogP contribution in [0, 0.1) is 18.3 Å². The molecule has 0 saturated carbocycles. The van der Waals surface area contributed by atoms with Gasteiger partial charge in [0.1, 0.15) is 0 Å². The van der Waals surface area contributed by atoms with Gasteiger partial charge in [-0.15, -0.1) is 11.3 Å². The van der Waals surface area contributed by atoms with Crippen molar-refractivity contribution in [2.24, 2.45) is 0 Å². The maximum absolute atomic E-state index is 12.8. The Bertz CT molecular complexity index is 955. The largest absolute Gasteiger partial charge is 0.344 e. The van der Waals surface area contributed by atoms with Gasteiger partial charge in [0.25, 0.3) is 5.91 Å². The van der Waals surface area contributed by atoms with Crippen LogP contribution in [0.1, 0.15) is 39.6 Å². The van der Waals surface area contributed by atoms with Gasteiger partial charge in [0.2, 0.25) is 0 Å². The first-order valence-corrected chi connectivity index (χ1v) is 8.79. The number of hydrogen-bond acceptors (Lipinski definition) is 4. The number of thiazole rings is 1. The summed E-state index contributed by atoms with van der Waals surface area (Å²) in [6.07, 6.45) is 0. The van der Waals surface area contributed by atoms with Gasteiger partial charge in [0, 0.05) is 16.5 Å². The van der Waals surface area contributed by atoms with Crippen molar-refractivity contribution in [1.29, 1.82) is 5.26 Å². The Labute approximate surface area is 150 Å². The molecule has 3 aromatic rings. The summed E-state index contributed by atoms with van der Waals surface area (Å²) in [5, 5.41) is 15.3. The molecule has 0 radical (unpaired) electrons. The van der Waals surface area contributed by atoms with Crippen molar-refractivity contribution < 1.29 is 4.79 Å². The molecule has 25 heavy (non-hydrogen) atoms. The van der Waals surface area contributed by atoms with Gasteiger partial charge < -0.3 is 5.32 Å². The minimum atomic E-state index is -0.184. The van der Waals surface area contributed by atoms with Gasteiger partial charge in [-0.2, -0.15) is 5.26 Å². The number of amides is 1. The van der Waals surface area contributed by atoms with Crippen molar-refractivity contribution >= 4 is 17.2 Å². The van der Waals surface area contributed by atoms with Gasteiger partial charge in [0.15, 0.2) is 0 Å². The molecule has 1 N–H and O–H groups in total. The van der Waals surface area contributed by atoms with Gasteiger partial charge in [-0.1, -0.05) is 36.4 Å². The second kappa shape index (κ2) is 7.29. The van der Waals surface area contributed by atoms with E-state index in [-0.39, 0.29) is 11.9 Å². The molecule has 1 heterocycles. The van der Waals surface area contributed by atoms with E-state index in [1.54, 1.807) is 23.5 Å². The molecular formula is C20H17N3OS. The summed E-state index contributed by atoms with van der Waals surface area (Å²) in [5.74, 6) is -0.179. The maximum Gasteiger partial charge on any atom is 0.252 e. The third kappa shape index (κ3) is 3.59. The van der Waals surface area contributed by atoms with E-state index in [9.17, 15) is 10.1 Å². The van der Waals surface area contributed by atoms with E-state index in [1.807, 2.05) is 55.6 Å². The molecule has 0 aliphatic heterocycles. The van der Waals surface area contributed by atoms with Gasteiger partial charge in [-0.05, 0) is 31.5 Å². The fourth-order valence-corrected chi connectivity index (χ4v) is 3.37. The van der Waals surface area contributed by atoms with Crippen LogP contribution in [-0.2, 0) is 0 Å². The first-order valence-electron chi connectivity index (χ1n) is 7.91. The average Bonchev–Trinajstić information content (AvgIpc) is 3.08. The molecule has 0 aliphatic carbocycles. The van der Waals surface area contributed by atoms with Gasteiger partial charge in [0.05, 0.1) is 28.4 Å². The van der Waals surface area contributed by atoms with Crippen LogP contribution in [0.4, 0.5) is 0 Å². The van der Waals surface area contributed by atoms with Gasteiger partial charge in [-0.25, -0.2) is 4.98 Å². The third-order valence-corrected chi connectivity index (χ3v) is 4.73. The predicted octanol–water partition coefficient (Wildman–Crippen LogP) is 4.48. The Balaban J connectivity index is 1.93. The van der Waals surface area contributed by atoms with E-state index in [4.69, 9.17) is 0 Å². The maximum atomic E-state index is 12.8. The first-order chi connectivity index (χ1) is 12.1. The van der Waals surface area contributed by atoms with E-state index >= 15 is 0 Å². The molecule has 5 heteroatoms. The zero-order valence-corrected chi connectivity index (χ0v) is 14.8. The SMILES string of the molecule is Cc1nc([C@@H](C)NC(=O)c2ccccc2-c2ccccc2C#N)cs1. The van der Waals surface area contributed by atoms with Crippen molar-refractivity contribution in [2.45, 2.75) is 19.9 Å². The Morgan fingerprint density at radius 2 is 1.84 bits per heavy atom. The molecule has 3 rings (SSSR count). The van der Waals surface area contributed by atoms with Crippen molar-refractivity contribution in [3.8, 4) is 17.2 Å². The quantitative estimate of drug-likeness (QED) is 0.756. The molecule has 0 spiro atoms. The number of carbonyl (C=O) groups excluding carboxylic acids is 1. The van der Waals surface area contributed by atoms with E-state index in [0.717, 1.165) is 21.8 Å². The summed E-state index contributed by atoms with van der Waals surface area (Å²) in [4.78, 5) is 17.2. The van der Waals surface area contributed by atoms with Crippen molar-refractivity contribution in [3.63, 3.8) is 0 Å². The number of aromatic nitrogens is 1. The molecule has 0 bridgehead atoms. The average molecular weight is 347 g/mol. The number of benzene rings is 2. The zero-order chi connectivity index (χ0) is 17.8. The van der Waals surface area contributed by atoms with Crippen LogP contribution in [0.3, 0.4) is 0 Å². The lowest BCUT2D eigenvalue weighted by molar-refractivity contribution is 0.0940. The van der Waals surface area contributed by atoms with Crippen LogP contribution in [0.15, 0.2) is 53.9 Å². The van der Waals surface area contributed by atoms with E-state index in [0.29, 0.717) is 11.1 Å². The Morgan fingerprint density at radius 1 is 1.16 bits per heavy atom. The molecule has 1 aromatic heterocycles. The minimum absolute atomic E-state index is 0.179. The van der Waals surface area contributed by atoms with Gasteiger partial charge >= 0.3 is 0 Å². The second-order valence-electron chi connectivity index (χ2n) is 5.69. The number of aryl methyl sites for hydroxylation is 1. The molecule has 0 unspecified atom stereocenters. The highest BCUT2D eigenvalue weighted by Gasteiger charge is 2.18. The summed E-state index contributed by atoms with van der Waals surface area (Å²) in [5.41, 5.74) is 3.45. The summed E-state index contributed by atoms with van der Waals surface area (Å²) >= 11 is 1.56. The summed E-state index contributed by atoms with van der Waals surface area (Å²) in [6.45, 7) is 3.86. The molecule has 1 atom stereocenters. The fraction of sp³-hybridized carbons (Fsp3) is 0.150. The minimum Gasteiger partial charge on any atom is -0.344 e. The third-order valence-electron chi connectivity index (χ3n) is 3.94. The number of hydrogen-bond donors (Lipinski definition) is 1. The summed E-state index contributed by atoms with van der Waals surface area (Å²) in [7, 11) is 0. The van der Waals surface area contributed by atoms with E-state index in [2.05, 4.69) is 16.4 Å². The van der Waals surface area contributed by atoms with Crippen molar-refractivity contribution in [2.75, 3.05) is 0 Å². The first kappa shape index (κ1) is 16.9. The van der Waals surface area contributed by atoms with Gasteiger partial charge in [-0.3, -0.25) is 4.79 Å². The second-order valence-corrected chi connectivity index (χ2v) is 6.75. The number of nitriles is 1. The normalized spacial score (nSPS) is 11.6. The predicted molar refractivity (Wildman–Crippen MR) is 99.3 cm³/mol. The molecule has 2 aromatic carbocycles. The Hall–Kier alpha value is -2.97. The molecule has 0 aliphatic rings. The van der Waals surface area contributed by atoms with Crippen LogP contribution in [0.5, 0.6) is 0 Å². The lowest BCUT2D eigenvalue weighted by Gasteiger charge is -2.15. The monoisotopic (exact) mass is 347 g/mol. The molecule has 1 amide bonds. The van der Waals surface area contributed by atoms with Crippen LogP contribution in [-0.4, -0.2) is 10.9 Å². The molecule has 0 saturated heterocycles. The molecule has 4 nitrogen and oxygen atoms in total. The van der Waals surface area contributed by atoms with E-state index in [1.165, 1.54) is 0 Å². The smallest absolute Gasteiger partial charge is 0.252 e. The zero-order valence-electron chi connectivity index (χ0n) is 14.0. The number of carbonyl (C=O) groups is 1. The standard InChI is InChI=1S/C20H17N3OS/c1-13(19-12-25-14(2)23-19)22-20(24)18-10-6-5-9-17(18)16-8-4-3-7-15(16)11-21/h3-10,12-13H,1-2H3,(H,22,24)/t13-/m1/s1. The fourth-order valence-electron chi connectivity index (χ4n) is 2.66. The summed E-state index contributed by atoms with van der Waals surface area (Å²) < 4.78 is 0. The van der Waals surface area contributed by atoms with Crippen LogP contribution >= 0.6 is 11.3 Å². The lowest BCUT2D eigenvalue weighted by atomic mass is 9.95. The highest BCUT2D eigenvalue weighted by atomic mass is 32.1. The van der Waals surface area contributed by atoms with Crippen molar-refractivity contribution in [1.82, 2.24) is 10.3 Å². The molecular weight excluding hydrogens is 330 g/mol. The molecule has 0 fully saturated rings. The van der Waals surface area contributed by atoms with Crippen molar-refractivity contribution in [3.05, 3.63) is 75.7 Å². The van der Waals surface area contributed by atoms with Crippen LogP contribution in [0.25, 0.3) is 11.1 Å². The summed E-state index contributed by atoms with van der Waals surface area (Å²) in [6, 6.07) is 16.6. The van der Waals surface area contributed by atoms with E-state index < -0.39 is 0 Å². The Morgan fingerprint density at radius 3 is 2.52 bits per heavy atom. The topological polar surface area (TPSA) is 65.8 Å². The Kier molecular flexibility index (Phi) is 4.92. The van der Waals surface area contributed by atoms with Crippen LogP contribution in [0.2, 0.25) is 0 Å². The highest BCUT2D eigenvalue weighted by molar-refractivity contribution is 7.09. The number of nitrogens with one attached hydrogen (secondary N) is 1. The highest BCUT2D eigenvalue weighted by Crippen LogP contribution is 2.27. The van der Waals surface area contributed by atoms with Crippen LogP contribution < -0.4 is 5.32 Å². The molecule has 124 valence electrons. The number of rotatable bonds is 4.